The van der Waals surface area contributed by atoms with Crippen LogP contribution in [0.4, 0.5) is 0 Å². The molecule has 50 heavy (non-hydrogen) atoms. The highest BCUT2D eigenvalue weighted by molar-refractivity contribution is 6.23. The molecule has 0 radical (unpaired) electrons. The molecule has 0 aliphatic rings. The summed E-state index contributed by atoms with van der Waals surface area (Å²) in [6.45, 7) is 0. The summed E-state index contributed by atoms with van der Waals surface area (Å²) in [4.78, 5) is 0. The summed E-state index contributed by atoms with van der Waals surface area (Å²) < 4.78 is 0. The second-order valence-corrected chi connectivity index (χ2v) is 13.7. The van der Waals surface area contributed by atoms with Gasteiger partial charge >= 0.3 is 0 Å². The van der Waals surface area contributed by atoms with Crippen molar-refractivity contribution in [3.05, 3.63) is 182 Å². The summed E-state index contributed by atoms with van der Waals surface area (Å²) in [6.07, 6.45) is 0. The third-order valence-electron chi connectivity index (χ3n) is 10.9. The molecule has 0 unspecified atom stereocenters. The van der Waals surface area contributed by atoms with Crippen molar-refractivity contribution in [2.75, 3.05) is 0 Å². The molecule has 0 saturated carbocycles. The van der Waals surface area contributed by atoms with E-state index in [1.165, 1.54) is 108 Å². The fourth-order valence-electron chi connectivity index (χ4n) is 8.57. The maximum absolute atomic E-state index is 2.39. The van der Waals surface area contributed by atoms with Crippen LogP contribution in [0.3, 0.4) is 0 Å². The number of hydrogen-bond acceptors (Lipinski definition) is 0. The van der Waals surface area contributed by atoms with Crippen molar-refractivity contribution >= 4 is 86.2 Å². The maximum atomic E-state index is 2.39. The van der Waals surface area contributed by atoms with Crippen LogP contribution in [0.2, 0.25) is 0 Å². The highest BCUT2D eigenvalue weighted by Gasteiger charge is 2.17. The van der Waals surface area contributed by atoms with E-state index < -0.39 is 0 Å². The Balaban J connectivity index is 1.14. The number of rotatable bonds is 2. The van der Waals surface area contributed by atoms with Crippen LogP contribution in [0.5, 0.6) is 0 Å². The van der Waals surface area contributed by atoms with Gasteiger partial charge in [0.2, 0.25) is 0 Å². The van der Waals surface area contributed by atoms with E-state index in [1.807, 2.05) is 0 Å². The third kappa shape index (κ3) is 4.06. The van der Waals surface area contributed by atoms with Crippen LogP contribution in [-0.4, -0.2) is 0 Å². The molecule has 230 valence electrons. The van der Waals surface area contributed by atoms with E-state index in [0.717, 1.165) is 0 Å². The van der Waals surface area contributed by atoms with Crippen molar-refractivity contribution in [2.24, 2.45) is 0 Å². The van der Waals surface area contributed by atoms with E-state index in [0.29, 0.717) is 0 Å². The molecule has 11 rings (SSSR count). The van der Waals surface area contributed by atoms with Gasteiger partial charge in [0.25, 0.3) is 0 Å². The molecule has 0 nitrogen and oxygen atoms in total. The molecule has 0 bridgehead atoms. The minimum atomic E-state index is 1.24. The summed E-state index contributed by atoms with van der Waals surface area (Å²) in [5.41, 5.74) is 5.07. The molecule has 0 heterocycles. The van der Waals surface area contributed by atoms with Gasteiger partial charge in [-0.25, -0.2) is 0 Å². The third-order valence-corrected chi connectivity index (χ3v) is 10.9. The van der Waals surface area contributed by atoms with Crippen LogP contribution in [-0.2, 0) is 0 Å². The first-order valence-corrected chi connectivity index (χ1v) is 17.4. The molecule has 0 atom stereocenters. The number of hydrogen-bond donors (Lipinski definition) is 0. The minimum Gasteiger partial charge on any atom is -0.0616 e. The predicted octanol–water partition coefficient (Wildman–Crippen LogP) is 14.2. The van der Waals surface area contributed by atoms with Gasteiger partial charge in [0.05, 0.1) is 0 Å². The number of benzene rings is 11. The SMILES string of the molecule is c1ccc2c(c1)ccc1cc3cc(-c4c5ccccc5c(-c5ccc6cc7c(ccc8ccccc87)cc6c5)c5ccccc45)ccc3cc12. The summed E-state index contributed by atoms with van der Waals surface area (Å²) in [6, 6.07) is 67.8. The zero-order valence-electron chi connectivity index (χ0n) is 27.3. The van der Waals surface area contributed by atoms with Crippen LogP contribution in [0, 0.1) is 0 Å². The minimum absolute atomic E-state index is 1.24. The maximum Gasteiger partial charge on any atom is -0.00262 e. The first-order valence-electron chi connectivity index (χ1n) is 17.4. The predicted molar refractivity (Wildman–Crippen MR) is 217 cm³/mol. The van der Waals surface area contributed by atoms with Gasteiger partial charge < -0.3 is 0 Å². The standard InChI is InChI=1S/C50H30/c1-3-11-41-31(9-1)17-21-35-25-39-27-37(23-19-33(39)29-47(35)41)49-43-13-5-7-15-45(43)50(46-16-8-6-14-44(46)49)38-24-20-34-30-48-36(26-40(34)28-38)22-18-32-10-2-4-12-42(32)48/h1-30H. The van der Waals surface area contributed by atoms with E-state index in [1.54, 1.807) is 0 Å². The monoisotopic (exact) mass is 630 g/mol. The van der Waals surface area contributed by atoms with E-state index >= 15 is 0 Å². The first-order chi connectivity index (χ1) is 24.8. The van der Waals surface area contributed by atoms with Gasteiger partial charge in [0, 0.05) is 0 Å². The quantitative estimate of drug-likeness (QED) is 0.132. The van der Waals surface area contributed by atoms with Crippen molar-refractivity contribution in [1.29, 1.82) is 0 Å². The van der Waals surface area contributed by atoms with Crippen LogP contribution in [0.1, 0.15) is 0 Å². The lowest BCUT2D eigenvalue weighted by Crippen LogP contribution is -1.91. The van der Waals surface area contributed by atoms with Gasteiger partial charge in [-0.2, -0.15) is 0 Å². The average molecular weight is 631 g/mol. The molecule has 0 aliphatic heterocycles. The van der Waals surface area contributed by atoms with E-state index in [9.17, 15) is 0 Å². The number of fused-ring (bicyclic) bond motifs is 10. The Hall–Kier alpha value is -6.50. The average Bonchev–Trinajstić information content (AvgIpc) is 3.18. The largest absolute Gasteiger partial charge is 0.0616 e. The fourth-order valence-corrected chi connectivity index (χ4v) is 8.57. The smallest absolute Gasteiger partial charge is 0.00262 e. The molecule has 11 aromatic rings. The summed E-state index contributed by atoms with van der Waals surface area (Å²) in [5, 5.41) is 20.5. The topological polar surface area (TPSA) is 0 Å². The highest BCUT2D eigenvalue weighted by Crippen LogP contribution is 2.45. The van der Waals surface area contributed by atoms with Crippen LogP contribution in [0.25, 0.3) is 108 Å². The zero-order valence-corrected chi connectivity index (χ0v) is 27.3. The Kier molecular flexibility index (Phi) is 5.76. The molecule has 0 amide bonds. The van der Waals surface area contributed by atoms with Gasteiger partial charge in [-0.15, -0.1) is 0 Å². The second-order valence-electron chi connectivity index (χ2n) is 13.7. The van der Waals surface area contributed by atoms with Gasteiger partial charge in [-0.3, -0.25) is 0 Å². The Morgan fingerprint density at radius 3 is 0.940 bits per heavy atom. The van der Waals surface area contributed by atoms with Crippen molar-refractivity contribution in [2.45, 2.75) is 0 Å². The Morgan fingerprint density at radius 2 is 0.520 bits per heavy atom. The second kappa shape index (κ2) is 10.5. The van der Waals surface area contributed by atoms with E-state index in [2.05, 4.69) is 182 Å². The van der Waals surface area contributed by atoms with Crippen molar-refractivity contribution in [1.82, 2.24) is 0 Å². The molecular formula is C50H30. The zero-order chi connectivity index (χ0) is 32.8. The Morgan fingerprint density at radius 1 is 0.180 bits per heavy atom. The summed E-state index contributed by atoms with van der Waals surface area (Å²) in [5.74, 6) is 0. The molecule has 0 spiro atoms. The normalized spacial score (nSPS) is 12.0. The molecule has 0 heteroatoms. The molecule has 0 aromatic heterocycles. The van der Waals surface area contributed by atoms with Gasteiger partial charge in [0.1, 0.15) is 0 Å². The Labute approximate surface area is 289 Å². The molecular weight excluding hydrogens is 601 g/mol. The van der Waals surface area contributed by atoms with Crippen LogP contribution < -0.4 is 0 Å². The fraction of sp³-hybridized carbons (Fsp3) is 0. The van der Waals surface area contributed by atoms with Crippen LogP contribution >= 0.6 is 0 Å². The van der Waals surface area contributed by atoms with E-state index in [4.69, 9.17) is 0 Å². The van der Waals surface area contributed by atoms with Crippen molar-refractivity contribution in [3.63, 3.8) is 0 Å². The van der Waals surface area contributed by atoms with Gasteiger partial charge in [-0.1, -0.05) is 146 Å². The van der Waals surface area contributed by atoms with Gasteiger partial charge in [-0.05, 0) is 145 Å². The molecule has 0 saturated heterocycles. The lowest BCUT2D eigenvalue weighted by Gasteiger charge is -2.18. The van der Waals surface area contributed by atoms with Crippen molar-refractivity contribution in [3.8, 4) is 22.3 Å². The lowest BCUT2D eigenvalue weighted by atomic mass is 9.85. The Bertz CT molecular complexity index is 2930. The molecule has 0 aliphatic carbocycles. The summed E-state index contributed by atoms with van der Waals surface area (Å²) in [7, 11) is 0. The highest BCUT2D eigenvalue weighted by atomic mass is 14.2. The van der Waals surface area contributed by atoms with E-state index in [-0.39, 0.29) is 0 Å². The van der Waals surface area contributed by atoms with Crippen LogP contribution in [0.15, 0.2) is 182 Å². The van der Waals surface area contributed by atoms with Crippen molar-refractivity contribution < 1.29 is 0 Å². The molecule has 11 aromatic carbocycles. The lowest BCUT2D eigenvalue weighted by molar-refractivity contribution is 1.69. The molecule has 0 N–H and O–H groups in total. The van der Waals surface area contributed by atoms with Gasteiger partial charge in [0.15, 0.2) is 0 Å². The first kappa shape index (κ1) is 27.5. The summed E-state index contributed by atoms with van der Waals surface area (Å²) >= 11 is 0. The molecule has 0 fully saturated rings.